The number of ether oxygens (including phenoxy) is 3. The van der Waals surface area contributed by atoms with Gasteiger partial charge in [-0.1, -0.05) is 17.3 Å². The lowest BCUT2D eigenvalue weighted by atomic mass is 10.1. The predicted octanol–water partition coefficient (Wildman–Crippen LogP) is 4.27. The van der Waals surface area contributed by atoms with Gasteiger partial charge in [-0.25, -0.2) is 4.39 Å². The van der Waals surface area contributed by atoms with Crippen LogP contribution in [0.3, 0.4) is 0 Å². The molecule has 1 atom stereocenters. The molecule has 1 aliphatic heterocycles. The van der Waals surface area contributed by atoms with E-state index in [1.807, 2.05) is 18.2 Å². The molecule has 0 saturated carbocycles. The molecule has 2 aromatic heterocycles. The molecule has 8 nitrogen and oxygen atoms in total. The quantitative estimate of drug-likeness (QED) is 0.419. The van der Waals surface area contributed by atoms with Gasteiger partial charge in [-0.2, -0.15) is 5.10 Å². The third-order valence-electron chi connectivity index (χ3n) is 5.67. The van der Waals surface area contributed by atoms with Gasteiger partial charge in [0.1, 0.15) is 18.0 Å². The number of morpholine rings is 1. The lowest BCUT2D eigenvalue weighted by Gasteiger charge is -2.33. The van der Waals surface area contributed by atoms with Gasteiger partial charge in [0.25, 0.3) is 0 Å². The summed E-state index contributed by atoms with van der Waals surface area (Å²) in [5.41, 5.74) is 3.89. The van der Waals surface area contributed by atoms with Gasteiger partial charge in [0.2, 0.25) is 0 Å². The van der Waals surface area contributed by atoms with E-state index in [2.05, 4.69) is 39.3 Å². The van der Waals surface area contributed by atoms with Gasteiger partial charge >= 0.3 is 0 Å². The number of methoxy groups -OCH3 is 1. The summed E-state index contributed by atoms with van der Waals surface area (Å²) >= 11 is 0. The lowest BCUT2D eigenvalue weighted by molar-refractivity contribution is 0.0532. The second-order valence-electron chi connectivity index (χ2n) is 7.99. The normalized spacial score (nSPS) is 16.5. The molecule has 0 aliphatic carbocycles. The van der Waals surface area contributed by atoms with Gasteiger partial charge in [0.05, 0.1) is 24.8 Å². The van der Waals surface area contributed by atoms with Crippen LogP contribution in [0.2, 0.25) is 0 Å². The van der Waals surface area contributed by atoms with Crippen LogP contribution >= 0.6 is 0 Å². The topological polar surface area (TPSA) is 85.6 Å². The van der Waals surface area contributed by atoms with Crippen LogP contribution in [-0.4, -0.2) is 61.5 Å². The third kappa shape index (κ3) is 4.42. The van der Waals surface area contributed by atoms with E-state index < -0.39 is 5.82 Å². The lowest BCUT2D eigenvalue weighted by Crippen LogP contribution is -2.41. The zero-order chi connectivity index (χ0) is 22.8. The molecule has 4 aromatic rings. The first-order valence-electron chi connectivity index (χ1n) is 10.9. The van der Waals surface area contributed by atoms with Crippen LogP contribution in [0, 0.1) is 5.82 Å². The zero-order valence-corrected chi connectivity index (χ0v) is 18.5. The molecule has 5 rings (SSSR count). The molecule has 3 heterocycles. The standard InChI is InChI=1S/C24H25FN4O4/c1-15-14-29(7-8-31-15)17-5-3-16(4-6-17)20-12-23(33-28-20)24-18-11-19(25)22(32-10-9-30-2)13-21(18)26-27-24/h3-6,11-13,15H,7-10,14H2,1-2H3,(H,26,27)/t15-/m1/s1. The van der Waals surface area contributed by atoms with E-state index in [1.54, 1.807) is 13.2 Å². The fourth-order valence-corrected chi connectivity index (χ4v) is 3.97. The number of fused-ring (bicyclic) bond motifs is 1. The van der Waals surface area contributed by atoms with Crippen LogP contribution in [0.25, 0.3) is 33.6 Å². The molecule has 0 bridgehead atoms. The van der Waals surface area contributed by atoms with Crippen molar-refractivity contribution in [3.05, 3.63) is 48.3 Å². The van der Waals surface area contributed by atoms with Crippen LogP contribution < -0.4 is 9.64 Å². The molecule has 1 fully saturated rings. The number of benzene rings is 2. The van der Waals surface area contributed by atoms with Gasteiger partial charge in [0.15, 0.2) is 17.3 Å². The molecule has 0 spiro atoms. The first kappa shape index (κ1) is 21.4. The third-order valence-corrected chi connectivity index (χ3v) is 5.67. The molecule has 2 aromatic carbocycles. The fourth-order valence-electron chi connectivity index (χ4n) is 3.97. The summed E-state index contributed by atoms with van der Waals surface area (Å²) in [4.78, 5) is 2.31. The number of halogens is 1. The van der Waals surface area contributed by atoms with Gasteiger partial charge in [-0.15, -0.1) is 0 Å². The largest absolute Gasteiger partial charge is 0.488 e. The van der Waals surface area contributed by atoms with Crippen LogP contribution in [0.4, 0.5) is 10.1 Å². The van der Waals surface area contributed by atoms with E-state index in [9.17, 15) is 4.39 Å². The van der Waals surface area contributed by atoms with Crippen molar-refractivity contribution in [2.45, 2.75) is 13.0 Å². The SMILES string of the molecule is COCCOc1cc2[nH]nc(-c3cc(-c4ccc(N5CCO[C@H](C)C5)cc4)no3)c2cc1F. The van der Waals surface area contributed by atoms with Crippen LogP contribution in [0.1, 0.15) is 6.92 Å². The Morgan fingerprint density at radius 1 is 1.18 bits per heavy atom. The highest BCUT2D eigenvalue weighted by atomic mass is 19.1. The Morgan fingerprint density at radius 2 is 2.03 bits per heavy atom. The minimum atomic E-state index is -0.478. The Labute approximate surface area is 190 Å². The molecule has 33 heavy (non-hydrogen) atoms. The van der Waals surface area contributed by atoms with Gasteiger partial charge in [-0.05, 0) is 25.1 Å². The number of nitrogens with one attached hydrogen (secondary N) is 1. The average molecular weight is 452 g/mol. The molecule has 0 unspecified atom stereocenters. The first-order chi connectivity index (χ1) is 16.1. The number of H-pyrrole nitrogens is 1. The van der Waals surface area contributed by atoms with E-state index in [1.165, 1.54) is 6.07 Å². The smallest absolute Gasteiger partial charge is 0.188 e. The number of aromatic nitrogens is 3. The zero-order valence-electron chi connectivity index (χ0n) is 18.5. The van der Waals surface area contributed by atoms with Crippen molar-refractivity contribution in [1.82, 2.24) is 15.4 Å². The second kappa shape index (κ2) is 9.21. The Balaban J connectivity index is 1.36. The molecule has 9 heteroatoms. The van der Waals surface area contributed by atoms with E-state index in [0.29, 0.717) is 34.7 Å². The van der Waals surface area contributed by atoms with Crippen molar-refractivity contribution in [2.75, 3.05) is 44.9 Å². The molecule has 0 amide bonds. The summed E-state index contributed by atoms with van der Waals surface area (Å²) in [5.74, 6) is 0.117. The highest BCUT2D eigenvalue weighted by Gasteiger charge is 2.19. The van der Waals surface area contributed by atoms with Gasteiger partial charge in [-0.3, -0.25) is 5.10 Å². The summed E-state index contributed by atoms with van der Waals surface area (Å²) in [7, 11) is 1.56. The monoisotopic (exact) mass is 452 g/mol. The second-order valence-corrected chi connectivity index (χ2v) is 7.99. The van der Waals surface area contributed by atoms with Crippen molar-refractivity contribution in [3.8, 4) is 28.5 Å². The van der Waals surface area contributed by atoms with Crippen LogP contribution in [0.15, 0.2) is 47.0 Å². The predicted molar refractivity (Wildman–Crippen MR) is 122 cm³/mol. The summed E-state index contributed by atoms with van der Waals surface area (Å²) in [5, 5.41) is 12.0. The summed E-state index contributed by atoms with van der Waals surface area (Å²) in [6.45, 7) is 5.19. The minimum Gasteiger partial charge on any atom is -0.488 e. The number of anilines is 1. The van der Waals surface area contributed by atoms with Crippen molar-refractivity contribution >= 4 is 16.6 Å². The molecule has 1 saturated heterocycles. The average Bonchev–Trinajstić information content (AvgIpc) is 3.46. The van der Waals surface area contributed by atoms with E-state index >= 15 is 0 Å². The maximum Gasteiger partial charge on any atom is 0.188 e. The first-order valence-corrected chi connectivity index (χ1v) is 10.9. The van der Waals surface area contributed by atoms with Crippen molar-refractivity contribution in [2.24, 2.45) is 0 Å². The van der Waals surface area contributed by atoms with E-state index in [4.69, 9.17) is 18.7 Å². The number of nitrogens with zero attached hydrogens (tertiary/aromatic N) is 3. The Bertz CT molecular complexity index is 1240. The number of aromatic amines is 1. The summed E-state index contributed by atoms with van der Waals surface area (Å²) in [6, 6.07) is 13.0. The Morgan fingerprint density at radius 3 is 2.82 bits per heavy atom. The van der Waals surface area contributed by atoms with E-state index in [0.717, 1.165) is 30.9 Å². The van der Waals surface area contributed by atoms with Crippen molar-refractivity contribution < 1.29 is 23.1 Å². The Kier molecular flexibility index (Phi) is 5.97. The molecule has 1 N–H and O–H groups in total. The molecular weight excluding hydrogens is 427 g/mol. The maximum absolute atomic E-state index is 14.5. The highest BCUT2D eigenvalue weighted by molar-refractivity contribution is 5.92. The molecular formula is C24H25FN4O4. The summed E-state index contributed by atoms with van der Waals surface area (Å²) in [6.07, 6.45) is 0.220. The number of rotatable bonds is 7. The van der Waals surface area contributed by atoms with Crippen LogP contribution in [-0.2, 0) is 9.47 Å². The molecule has 0 radical (unpaired) electrons. The number of hydrogen-bond acceptors (Lipinski definition) is 7. The summed E-state index contributed by atoms with van der Waals surface area (Å²) < 4.78 is 36.1. The van der Waals surface area contributed by atoms with E-state index in [-0.39, 0.29) is 18.5 Å². The molecule has 172 valence electrons. The Hall–Kier alpha value is -3.43. The highest BCUT2D eigenvalue weighted by Crippen LogP contribution is 2.33. The maximum atomic E-state index is 14.5. The molecule has 1 aliphatic rings. The van der Waals surface area contributed by atoms with Crippen molar-refractivity contribution in [1.29, 1.82) is 0 Å². The van der Waals surface area contributed by atoms with Crippen LogP contribution in [0.5, 0.6) is 5.75 Å². The fraction of sp³-hybridized carbons (Fsp3) is 0.333. The minimum absolute atomic E-state index is 0.141. The van der Waals surface area contributed by atoms with Gasteiger partial charge < -0.3 is 23.6 Å². The van der Waals surface area contributed by atoms with Gasteiger partial charge in [0, 0.05) is 49.0 Å². The number of hydrogen-bond donors (Lipinski definition) is 1. The van der Waals surface area contributed by atoms with Crippen molar-refractivity contribution in [3.63, 3.8) is 0 Å².